The molecule has 1 saturated carbocycles. The van der Waals surface area contributed by atoms with Gasteiger partial charge in [0.25, 0.3) is 0 Å². The number of halogens is 1. The Bertz CT molecular complexity index is 372. The van der Waals surface area contributed by atoms with Gasteiger partial charge in [0.2, 0.25) is 0 Å². The number of hydrogen-bond donors (Lipinski definition) is 1. The highest BCUT2D eigenvalue weighted by atomic mass is 79.9. The molecule has 3 heteroatoms. The van der Waals surface area contributed by atoms with Gasteiger partial charge in [-0.25, -0.2) is 0 Å². The van der Waals surface area contributed by atoms with Gasteiger partial charge >= 0.3 is 0 Å². The lowest BCUT2D eigenvalue weighted by Crippen LogP contribution is -2.12. The summed E-state index contributed by atoms with van der Waals surface area (Å²) >= 11 is 3.48. The van der Waals surface area contributed by atoms with E-state index in [0.717, 1.165) is 28.3 Å². The first-order chi connectivity index (χ1) is 8.16. The Hall–Kier alpha value is -0.540. The molecule has 0 bridgehead atoms. The Morgan fingerprint density at radius 1 is 1.41 bits per heavy atom. The Balaban J connectivity index is 2.04. The topological polar surface area (TPSA) is 35.2 Å². The highest BCUT2D eigenvalue weighted by Crippen LogP contribution is 2.30. The summed E-state index contributed by atoms with van der Waals surface area (Å²) < 4.78 is 7.00. The fourth-order valence-electron chi connectivity index (χ4n) is 2.39. The number of hydrogen-bond acceptors (Lipinski definition) is 2. The quantitative estimate of drug-likeness (QED) is 0.910. The van der Waals surface area contributed by atoms with Gasteiger partial charge in [-0.05, 0) is 37.8 Å². The second kappa shape index (κ2) is 5.87. The van der Waals surface area contributed by atoms with Crippen LogP contribution in [0.4, 0.5) is 0 Å². The van der Waals surface area contributed by atoms with Gasteiger partial charge in [-0.2, -0.15) is 0 Å². The number of benzene rings is 1. The zero-order valence-electron chi connectivity index (χ0n) is 10.3. The molecule has 1 aliphatic carbocycles. The monoisotopic (exact) mass is 297 g/mol. The van der Waals surface area contributed by atoms with E-state index in [2.05, 4.69) is 15.9 Å². The third-order valence-corrected chi connectivity index (χ3v) is 3.91. The second-order valence-corrected chi connectivity index (χ2v) is 5.85. The van der Waals surface area contributed by atoms with Crippen LogP contribution in [0.2, 0.25) is 0 Å². The van der Waals surface area contributed by atoms with Gasteiger partial charge in [-0.3, -0.25) is 0 Å². The molecule has 0 radical (unpaired) electrons. The van der Waals surface area contributed by atoms with Crippen molar-refractivity contribution in [3.63, 3.8) is 0 Å². The molecule has 1 fully saturated rings. The van der Waals surface area contributed by atoms with Crippen LogP contribution < -0.4 is 10.5 Å². The van der Waals surface area contributed by atoms with E-state index in [9.17, 15) is 0 Å². The molecule has 2 nitrogen and oxygen atoms in total. The average Bonchev–Trinajstić information content (AvgIpc) is 2.78. The van der Waals surface area contributed by atoms with E-state index >= 15 is 0 Å². The van der Waals surface area contributed by atoms with E-state index in [1.165, 1.54) is 25.7 Å². The summed E-state index contributed by atoms with van der Waals surface area (Å²) in [6.07, 6.45) is 5.32. The molecule has 2 N–H and O–H groups in total. The van der Waals surface area contributed by atoms with Crippen LogP contribution >= 0.6 is 15.9 Å². The van der Waals surface area contributed by atoms with E-state index in [-0.39, 0.29) is 6.04 Å². The maximum atomic E-state index is 5.95. The van der Waals surface area contributed by atoms with Crippen molar-refractivity contribution in [2.45, 2.75) is 38.6 Å². The predicted molar refractivity (Wildman–Crippen MR) is 74.2 cm³/mol. The molecule has 0 saturated heterocycles. The van der Waals surface area contributed by atoms with E-state index < -0.39 is 0 Å². The lowest BCUT2D eigenvalue weighted by molar-refractivity contribution is 0.249. The lowest BCUT2D eigenvalue weighted by Gasteiger charge is -2.16. The summed E-state index contributed by atoms with van der Waals surface area (Å²) in [6, 6.07) is 6.09. The van der Waals surface area contributed by atoms with Gasteiger partial charge in [0, 0.05) is 16.1 Å². The van der Waals surface area contributed by atoms with Crippen LogP contribution in [0.5, 0.6) is 5.75 Å². The van der Waals surface area contributed by atoms with Crippen LogP contribution in [0.1, 0.15) is 44.2 Å². The first-order valence-corrected chi connectivity index (χ1v) is 7.14. The molecule has 94 valence electrons. The summed E-state index contributed by atoms with van der Waals surface area (Å²) in [4.78, 5) is 0. The molecule has 1 aromatic rings. The number of ether oxygens (including phenoxy) is 1. The smallest absolute Gasteiger partial charge is 0.125 e. The number of rotatable bonds is 4. The minimum absolute atomic E-state index is 0.0154. The van der Waals surface area contributed by atoms with Gasteiger partial charge in [-0.15, -0.1) is 0 Å². The highest BCUT2D eigenvalue weighted by Gasteiger charge is 2.17. The van der Waals surface area contributed by atoms with E-state index in [1.807, 2.05) is 25.1 Å². The van der Waals surface area contributed by atoms with Crippen LogP contribution in [0, 0.1) is 5.92 Å². The Labute approximate surface area is 112 Å². The van der Waals surface area contributed by atoms with Crippen molar-refractivity contribution in [1.29, 1.82) is 0 Å². The highest BCUT2D eigenvalue weighted by molar-refractivity contribution is 9.10. The SMILES string of the molecule is CC(N)c1ccc(Br)cc1OCC1CCCC1. The van der Waals surface area contributed by atoms with Crippen molar-refractivity contribution in [2.75, 3.05) is 6.61 Å². The fraction of sp³-hybridized carbons (Fsp3) is 0.571. The Morgan fingerprint density at radius 2 is 2.12 bits per heavy atom. The molecule has 0 amide bonds. The molecular formula is C14H20BrNO. The molecule has 1 aromatic carbocycles. The first kappa shape index (κ1) is 12.9. The molecule has 17 heavy (non-hydrogen) atoms. The molecule has 1 aliphatic rings. The van der Waals surface area contributed by atoms with Crippen molar-refractivity contribution in [2.24, 2.45) is 11.7 Å². The standard InChI is InChI=1S/C14H20BrNO/c1-10(16)13-7-6-12(15)8-14(13)17-9-11-4-2-3-5-11/h6-8,10-11H,2-5,9,16H2,1H3. The predicted octanol–water partition coefficient (Wildman–Crippen LogP) is 4.04. The average molecular weight is 298 g/mol. The van der Waals surface area contributed by atoms with Crippen LogP contribution in [0.25, 0.3) is 0 Å². The third kappa shape index (κ3) is 3.46. The summed E-state index contributed by atoms with van der Waals surface area (Å²) in [5, 5.41) is 0. The van der Waals surface area contributed by atoms with Crippen molar-refractivity contribution >= 4 is 15.9 Å². The minimum Gasteiger partial charge on any atom is -0.493 e. The summed E-state index contributed by atoms with van der Waals surface area (Å²) in [6.45, 7) is 2.82. The third-order valence-electron chi connectivity index (χ3n) is 3.42. The molecule has 2 rings (SSSR count). The van der Waals surface area contributed by atoms with Gasteiger partial charge in [0.1, 0.15) is 5.75 Å². The largest absolute Gasteiger partial charge is 0.493 e. The lowest BCUT2D eigenvalue weighted by atomic mass is 10.1. The Morgan fingerprint density at radius 3 is 2.76 bits per heavy atom. The van der Waals surface area contributed by atoms with Crippen molar-refractivity contribution < 1.29 is 4.74 Å². The first-order valence-electron chi connectivity index (χ1n) is 6.34. The van der Waals surface area contributed by atoms with Crippen LogP contribution in [-0.2, 0) is 0 Å². The second-order valence-electron chi connectivity index (χ2n) is 4.93. The maximum absolute atomic E-state index is 5.95. The van der Waals surface area contributed by atoms with Crippen LogP contribution in [-0.4, -0.2) is 6.61 Å². The molecular weight excluding hydrogens is 278 g/mol. The molecule has 1 atom stereocenters. The van der Waals surface area contributed by atoms with E-state index in [4.69, 9.17) is 10.5 Å². The molecule has 0 heterocycles. The molecule has 0 spiro atoms. The van der Waals surface area contributed by atoms with E-state index in [1.54, 1.807) is 0 Å². The zero-order valence-corrected chi connectivity index (χ0v) is 11.9. The fourth-order valence-corrected chi connectivity index (χ4v) is 2.73. The minimum atomic E-state index is 0.0154. The maximum Gasteiger partial charge on any atom is 0.125 e. The number of nitrogens with two attached hydrogens (primary N) is 1. The van der Waals surface area contributed by atoms with Gasteiger partial charge in [0.05, 0.1) is 6.61 Å². The Kier molecular flexibility index (Phi) is 4.46. The molecule has 0 aromatic heterocycles. The molecule has 0 aliphatic heterocycles. The summed E-state index contributed by atoms with van der Waals surface area (Å²) in [7, 11) is 0. The van der Waals surface area contributed by atoms with Gasteiger partial charge in [0.15, 0.2) is 0 Å². The van der Waals surface area contributed by atoms with Crippen LogP contribution in [0.15, 0.2) is 22.7 Å². The molecule has 1 unspecified atom stereocenters. The summed E-state index contributed by atoms with van der Waals surface area (Å²) in [5.74, 6) is 1.66. The van der Waals surface area contributed by atoms with E-state index in [0.29, 0.717) is 0 Å². The van der Waals surface area contributed by atoms with Crippen molar-refractivity contribution in [3.05, 3.63) is 28.2 Å². The van der Waals surface area contributed by atoms with Crippen molar-refractivity contribution in [3.8, 4) is 5.75 Å². The van der Waals surface area contributed by atoms with Crippen molar-refractivity contribution in [1.82, 2.24) is 0 Å². The van der Waals surface area contributed by atoms with Gasteiger partial charge in [-0.1, -0.05) is 34.8 Å². The van der Waals surface area contributed by atoms with Crippen LogP contribution in [0.3, 0.4) is 0 Å². The zero-order chi connectivity index (χ0) is 12.3. The van der Waals surface area contributed by atoms with Gasteiger partial charge < -0.3 is 10.5 Å². The summed E-state index contributed by atoms with van der Waals surface area (Å²) in [5.41, 5.74) is 7.04. The normalized spacial score (nSPS) is 18.3.